The van der Waals surface area contributed by atoms with E-state index in [0.29, 0.717) is 5.22 Å². The summed E-state index contributed by atoms with van der Waals surface area (Å²) in [6.07, 6.45) is 0. The van der Waals surface area contributed by atoms with Gasteiger partial charge < -0.3 is 0 Å². The minimum atomic E-state index is 0.159. The van der Waals surface area contributed by atoms with Gasteiger partial charge in [0.05, 0.1) is 0 Å². The van der Waals surface area contributed by atoms with E-state index in [9.17, 15) is 10.5 Å². The summed E-state index contributed by atoms with van der Waals surface area (Å²) in [7, 11) is 0. The first-order valence-electron chi connectivity index (χ1n) is 7.17. The molecule has 0 unspecified atom stereocenters. The number of hydrogen-bond donors (Lipinski definition) is 0. The Labute approximate surface area is 137 Å². The van der Waals surface area contributed by atoms with E-state index < -0.39 is 0 Å². The second-order valence-corrected chi connectivity index (χ2v) is 6.29. The van der Waals surface area contributed by atoms with Crippen LogP contribution in [0.25, 0.3) is 36.9 Å². The van der Waals surface area contributed by atoms with Gasteiger partial charge >= 0.3 is 0 Å². The van der Waals surface area contributed by atoms with Crippen molar-refractivity contribution >= 4 is 37.8 Å². The van der Waals surface area contributed by atoms with Crippen molar-refractivity contribution in [1.82, 2.24) is 0 Å². The molecule has 3 aromatic carbocycles. The van der Waals surface area contributed by atoms with Crippen LogP contribution in [0.1, 0.15) is 0 Å². The Morgan fingerprint density at radius 2 is 1.57 bits per heavy atom. The molecule has 0 spiro atoms. The topological polar surface area (TPSA) is 47.6 Å². The molecule has 3 heteroatoms. The summed E-state index contributed by atoms with van der Waals surface area (Å²) in [6, 6.07) is 24.3. The zero-order valence-electron chi connectivity index (χ0n) is 12.1. The monoisotopic (exact) mass is 310 g/mol. The van der Waals surface area contributed by atoms with Gasteiger partial charge in [-0.05, 0) is 17.0 Å². The third kappa shape index (κ3) is 1.99. The molecule has 0 amide bonds. The Morgan fingerprint density at radius 3 is 2.30 bits per heavy atom. The predicted octanol–water partition coefficient (Wildman–Crippen LogP) is 4.64. The molecule has 4 aromatic rings. The van der Waals surface area contributed by atoms with E-state index in [4.69, 9.17) is 0 Å². The van der Waals surface area contributed by atoms with Gasteiger partial charge in [0.25, 0.3) is 0 Å². The maximum absolute atomic E-state index is 9.20. The van der Waals surface area contributed by atoms with Gasteiger partial charge in [-0.25, -0.2) is 0 Å². The number of nitriles is 2. The van der Waals surface area contributed by atoms with Crippen LogP contribution in [0.4, 0.5) is 0 Å². The lowest BCUT2D eigenvalue weighted by Crippen LogP contribution is -2.05. The maximum atomic E-state index is 9.20. The lowest BCUT2D eigenvalue weighted by atomic mass is 10.00. The lowest BCUT2D eigenvalue weighted by molar-refractivity contribution is 1.50. The van der Waals surface area contributed by atoms with Crippen molar-refractivity contribution in [3.63, 3.8) is 0 Å². The zero-order chi connectivity index (χ0) is 15.8. The molecule has 0 radical (unpaired) electrons. The van der Waals surface area contributed by atoms with E-state index >= 15 is 0 Å². The Kier molecular flexibility index (Phi) is 3.08. The van der Waals surface area contributed by atoms with Crippen molar-refractivity contribution in [1.29, 1.82) is 10.5 Å². The van der Waals surface area contributed by atoms with Crippen molar-refractivity contribution in [2.75, 3.05) is 0 Å². The molecule has 0 atom stereocenters. The average Bonchev–Trinajstić information content (AvgIpc) is 2.99. The van der Waals surface area contributed by atoms with Crippen molar-refractivity contribution in [3.8, 4) is 22.6 Å². The van der Waals surface area contributed by atoms with Crippen LogP contribution < -0.4 is 5.22 Å². The summed E-state index contributed by atoms with van der Waals surface area (Å²) in [5.41, 5.74) is 1.35. The van der Waals surface area contributed by atoms with Crippen LogP contribution in [-0.4, -0.2) is 0 Å². The van der Waals surface area contributed by atoms with E-state index in [1.54, 1.807) is 11.3 Å². The minimum absolute atomic E-state index is 0.159. The number of nitrogens with zero attached hydrogens (tertiary/aromatic N) is 2. The van der Waals surface area contributed by atoms with Gasteiger partial charge in [-0.1, -0.05) is 54.6 Å². The van der Waals surface area contributed by atoms with E-state index in [1.165, 1.54) is 20.5 Å². The highest BCUT2D eigenvalue weighted by Crippen LogP contribution is 2.41. The molecule has 0 aliphatic carbocycles. The van der Waals surface area contributed by atoms with Gasteiger partial charge in [0.2, 0.25) is 0 Å². The second-order valence-electron chi connectivity index (χ2n) is 5.24. The highest BCUT2D eigenvalue weighted by atomic mass is 32.1. The summed E-state index contributed by atoms with van der Waals surface area (Å²) in [6.45, 7) is 0. The molecule has 1 aromatic heterocycles. The fraction of sp³-hybridized carbons (Fsp3) is 0. The molecule has 1 heterocycles. The number of hydrogen-bond acceptors (Lipinski definition) is 3. The molecule has 4 rings (SSSR count). The van der Waals surface area contributed by atoms with E-state index in [1.807, 2.05) is 54.6 Å². The summed E-state index contributed by atoms with van der Waals surface area (Å²) < 4.78 is 1.17. The van der Waals surface area contributed by atoms with Gasteiger partial charge in [-0.3, -0.25) is 0 Å². The van der Waals surface area contributed by atoms with Crippen molar-refractivity contribution < 1.29 is 0 Å². The van der Waals surface area contributed by atoms with Crippen LogP contribution >= 0.6 is 11.3 Å². The quantitative estimate of drug-likeness (QED) is 0.514. The van der Waals surface area contributed by atoms with Gasteiger partial charge in [0.15, 0.2) is 0 Å². The number of thiophene rings is 1. The molecule has 23 heavy (non-hydrogen) atoms. The van der Waals surface area contributed by atoms with Gasteiger partial charge in [-0.2, -0.15) is 10.5 Å². The van der Waals surface area contributed by atoms with E-state index in [-0.39, 0.29) is 5.57 Å². The second kappa shape index (κ2) is 5.25. The molecule has 0 fully saturated rings. The van der Waals surface area contributed by atoms with Crippen molar-refractivity contribution in [2.45, 2.75) is 0 Å². The third-order valence-corrected chi connectivity index (χ3v) is 5.21. The molecule has 106 valence electrons. The molecule has 0 bridgehead atoms. The number of benzene rings is 3. The first-order valence-corrected chi connectivity index (χ1v) is 7.99. The molecular formula is C20H10N2S. The molecule has 0 saturated heterocycles. The van der Waals surface area contributed by atoms with E-state index in [0.717, 1.165) is 10.8 Å². The first kappa shape index (κ1) is 13.5. The SMILES string of the molecule is N#CC(C#N)=c1ccc2c(-c3ccccc3)sc3cccc1c32. The molecular weight excluding hydrogens is 300 g/mol. The molecule has 2 nitrogen and oxygen atoms in total. The number of rotatable bonds is 1. The van der Waals surface area contributed by atoms with Crippen LogP contribution in [0, 0.1) is 22.7 Å². The van der Waals surface area contributed by atoms with Crippen molar-refractivity contribution in [3.05, 3.63) is 65.9 Å². The zero-order valence-corrected chi connectivity index (χ0v) is 12.9. The van der Waals surface area contributed by atoms with Gasteiger partial charge in [0.1, 0.15) is 17.7 Å². The lowest BCUT2D eigenvalue weighted by Gasteiger charge is -2.01. The first-order chi connectivity index (χ1) is 11.3. The van der Waals surface area contributed by atoms with Gasteiger partial charge in [-0.15, -0.1) is 11.3 Å². The van der Waals surface area contributed by atoms with Crippen LogP contribution in [0.5, 0.6) is 0 Å². The van der Waals surface area contributed by atoms with E-state index in [2.05, 4.69) is 18.2 Å². The van der Waals surface area contributed by atoms with Gasteiger partial charge in [0, 0.05) is 25.6 Å². The Balaban J connectivity index is 2.20. The Hall–Kier alpha value is -3.14. The third-order valence-electron chi connectivity index (χ3n) is 3.99. The minimum Gasteiger partial charge on any atom is -0.192 e. The van der Waals surface area contributed by atoms with Crippen LogP contribution in [0.3, 0.4) is 0 Å². The molecule has 0 aliphatic heterocycles. The predicted molar refractivity (Wildman–Crippen MR) is 94.6 cm³/mol. The maximum Gasteiger partial charge on any atom is 0.137 e. The van der Waals surface area contributed by atoms with Crippen LogP contribution in [0.15, 0.2) is 60.7 Å². The normalized spacial score (nSPS) is 10.5. The molecule has 0 aliphatic rings. The summed E-state index contributed by atoms with van der Waals surface area (Å²) >= 11 is 1.75. The highest BCUT2D eigenvalue weighted by molar-refractivity contribution is 7.23. The van der Waals surface area contributed by atoms with Crippen LogP contribution in [-0.2, 0) is 0 Å². The highest BCUT2D eigenvalue weighted by Gasteiger charge is 2.13. The van der Waals surface area contributed by atoms with Crippen molar-refractivity contribution in [2.24, 2.45) is 0 Å². The fourth-order valence-electron chi connectivity index (χ4n) is 2.98. The Bertz CT molecular complexity index is 1160. The fourth-order valence-corrected chi connectivity index (χ4v) is 4.20. The average molecular weight is 310 g/mol. The largest absolute Gasteiger partial charge is 0.192 e. The molecule has 0 N–H and O–H groups in total. The smallest absolute Gasteiger partial charge is 0.137 e. The molecule has 0 saturated carbocycles. The standard InChI is InChI=1S/C20H10N2S/c21-11-14(12-22)15-9-10-17-19-16(15)7-4-8-18(19)23-20(17)13-5-2-1-3-6-13/h1-10H. The van der Waals surface area contributed by atoms with Crippen LogP contribution in [0.2, 0.25) is 0 Å². The summed E-state index contributed by atoms with van der Waals surface area (Å²) in [4.78, 5) is 1.22. The Morgan fingerprint density at radius 1 is 0.783 bits per heavy atom. The summed E-state index contributed by atoms with van der Waals surface area (Å²) in [5, 5.41) is 22.4. The summed E-state index contributed by atoms with van der Waals surface area (Å²) in [5.74, 6) is 0.